The molecule has 0 saturated carbocycles. The van der Waals surface area contributed by atoms with Crippen molar-refractivity contribution in [3.05, 3.63) is 0 Å². The molecular formula is C10H21NO3. The van der Waals surface area contributed by atoms with Crippen molar-refractivity contribution in [2.45, 2.75) is 45.1 Å². The molecule has 1 unspecified atom stereocenters. The molecular weight excluding hydrogens is 182 g/mol. The molecule has 0 amide bonds. The van der Waals surface area contributed by atoms with Gasteiger partial charge in [0.25, 0.3) is 5.97 Å². The fraction of sp³-hybridized carbons (Fsp3) is 1.00. The Morgan fingerprint density at radius 2 is 1.93 bits per heavy atom. The molecule has 0 spiro atoms. The first-order valence-corrected chi connectivity index (χ1v) is 5.40. The lowest BCUT2D eigenvalue weighted by Crippen LogP contribution is -2.39. The molecule has 1 aliphatic rings. The third kappa shape index (κ3) is 3.20. The van der Waals surface area contributed by atoms with E-state index in [1.807, 2.05) is 13.8 Å². The van der Waals surface area contributed by atoms with Crippen LogP contribution in [-0.4, -0.2) is 31.8 Å². The summed E-state index contributed by atoms with van der Waals surface area (Å²) in [6, 6.07) is 0.206. The van der Waals surface area contributed by atoms with Crippen molar-refractivity contribution < 1.29 is 14.2 Å². The lowest BCUT2D eigenvalue weighted by Gasteiger charge is -2.31. The van der Waals surface area contributed by atoms with Gasteiger partial charge in [-0.3, -0.25) is 0 Å². The Bertz CT molecular complexity index is 157. The average Bonchev–Trinajstić information content (AvgIpc) is 2.31. The summed E-state index contributed by atoms with van der Waals surface area (Å²) in [6.45, 7) is 5.68. The van der Waals surface area contributed by atoms with E-state index >= 15 is 0 Å². The van der Waals surface area contributed by atoms with Gasteiger partial charge < -0.3 is 19.9 Å². The summed E-state index contributed by atoms with van der Waals surface area (Å²) in [6.07, 6.45) is 2.48. The van der Waals surface area contributed by atoms with Crippen molar-refractivity contribution in [2.24, 2.45) is 5.73 Å². The lowest BCUT2D eigenvalue weighted by atomic mass is 10.1. The molecule has 0 aliphatic carbocycles. The third-order valence-electron chi connectivity index (χ3n) is 2.36. The fourth-order valence-corrected chi connectivity index (χ4v) is 1.65. The van der Waals surface area contributed by atoms with E-state index in [2.05, 4.69) is 0 Å². The Kier molecular flexibility index (Phi) is 4.81. The number of rotatable bonds is 4. The van der Waals surface area contributed by atoms with Crippen LogP contribution < -0.4 is 5.73 Å². The van der Waals surface area contributed by atoms with Crippen LogP contribution in [0.1, 0.15) is 33.1 Å². The van der Waals surface area contributed by atoms with Crippen molar-refractivity contribution in [3.63, 3.8) is 0 Å². The number of hydrogen-bond acceptors (Lipinski definition) is 4. The summed E-state index contributed by atoms with van der Waals surface area (Å²) in [5.41, 5.74) is 5.86. The molecule has 1 rings (SSSR count). The molecule has 84 valence electrons. The number of hydrogen-bond donors (Lipinski definition) is 1. The molecule has 1 fully saturated rings. The monoisotopic (exact) mass is 203 g/mol. The van der Waals surface area contributed by atoms with Crippen molar-refractivity contribution in [3.8, 4) is 0 Å². The van der Waals surface area contributed by atoms with Crippen LogP contribution in [0.4, 0.5) is 0 Å². The zero-order valence-electron chi connectivity index (χ0n) is 9.12. The molecule has 0 radical (unpaired) electrons. The molecule has 14 heavy (non-hydrogen) atoms. The molecule has 0 aromatic heterocycles. The van der Waals surface area contributed by atoms with Gasteiger partial charge in [0, 0.05) is 25.7 Å². The summed E-state index contributed by atoms with van der Waals surface area (Å²) in [5, 5.41) is 0. The van der Waals surface area contributed by atoms with Gasteiger partial charge in [-0.1, -0.05) is 0 Å². The third-order valence-corrected chi connectivity index (χ3v) is 2.36. The van der Waals surface area contributed by atoms with Gasteiger partial charge in [-0.25, -0.2) is 0 Å². The van der Waals surface area contributed by atoms with E-state index in [0.29, 0.717) is 19.8 Å². The molecule has 1 saturated heterocycles. The molecule has 0 aromatic carbocycles. The predicted octanol–water partition coefficient (Wildman–Crippen LogP) is 1.24. The van der Waals surface area contributed by atoms with Crippen LogP contribution in [-0.2, 0) is 14.2 Å². The molecule has 4 nitrogen and oxygen atoms in total. The second-order valence-corrected chi connectivity index (χ2v) is 3.48. The quantitative estimate of drug-likeness (QED) is 0.698. The van der Waals surface area contributed by atoms with E-state index < -0.39 is 5.97 Å². The van der Waals surface area contributed by atoms with Crippen molar-refractivity contribution >= 4 is 0 Å². The van der Waals surface area contributed by atoms with Crippen molar-refractivity contribution in [1.29, 1.82) is 0 Å². The topological polar surface area (TPSA) is 53.7 Å². The maximum atomic E-state index is 5.86. The highest BCUT2D eigenvalue weighted by molar-refractivity contribution is 4.71. The van der Waals surface area contributed by atoms with Crippen LogP contribution in [0.5, 0.6) is 0 Å². The standard InChI is InChI=1S/C10H21NO3/c1-3-12-10(13-4-2)7-5-9(11)6-8-14-10/h9H,3-8,11H2,1-2H3. The van der Waals surface area contributed by atoms with Crippen LogP contribution in [0.3, 0.4) is 0 Å². The van der Waals surface area contributed by atoms with E-state index in [1.165, 1.54) is 0 Å². The highest BCUT2D eigenvalue weighted by Gasteiger charge is 2.35. The fourth-order valence-electron chi connectivity index (χ4n) is 1.65. The minimum atomic E-state index is -0.836. The Hall–Kier alpha value is -0.160. The minimum absolute atomic E-state index is 0.206. The molecule has 1 aliphatic heterocycles. The van der Waals surface area contributed by atoms with Crippen LogP contribution in [0.2, 0.25) is 0 Å². The molecule has 2 N–H and O–H groups in total. The second kappa shape index (κ2) is 5.66. The highest BCUT2D eigenvalue weighted by atomic mass is 16.9. The average molecular weight is 203 g/mol. The van der Waals surface area contributed by atoms with E-state index in [1.54, 1.807) is 0 Å². The summed E-state index contributed by atoms with van der Waals surface area (Å²) >= 11 is 0. The van der Waals surface area contributed by atoms with Gasteiger partial charge >= 0.3 is 0 Å². The largest absolute Gasteiger partial charge is 0.328 e. The maximum absolute atomic E-state index is 5.86. The lowest BCUT2D eigenvalue weighted by molar-refractivity contribution is -0.377. The van der Waals surface area contributed by atoms with Crippen molar-refractivity contribution in [2.75, 3.05) is 19.8 Å². The number of ether oxygens (including phenoxy) is 3. The Morgan fingerprint density at radius 3 is 2.50 bits per heavy atom. The molecule has 4 heteroatoms. The summed E-state index contributed by atoms with van der Waals surface area (Å²) in [4.78, 5) is 0. The SMILES string of the molecule is CCOC1(OCC)CCC(N)CCO1. The highest BCUT2D eigenvalue weighted by Crippen LogP contribution is 2.26. The first-order valence-electron chi connectivity index (χ1n) is 5.40. The van der Waals surface area contributed by atoms with Gasteiger partial charge in [-0.15, -0.1) is 0 Å². The Morgan fingerprint density at radius 1 is 1.29 bits per heavy atom. The normalized spacial score (nSPS) is 27.2. The van der Waals surface area contributed by atoms with Crippen LogP contribution in [0.15, 0.2) is 0 Å². The zero-order valence-corrected chi connectivity index (χ0v) is 9.12. The van der Waals surface area contributed by atoms with Gasteiger partial charge in [0.15, 0.2) is 0 Å². The Labute approximate surface area is 85.7 Å². The van der Waals surface area contributed by atoms with Crippen LogP contribution in [0.25, 0.3) is 0 Å². The summed E-state index contributed by atoms with van der Waals surface area (Å²) < 4.78 is 16.7. The van der Waals surface area contributed by atoms with E-state index in [9.17, 15) is 0 Å². The van der Waals surface area contributed by atoms with Crippen LogP contribution >= 0.6 is 0 Å². The van der Waals surface area contributed by atoms with Gasteiger partial charge in [0.2, 0.25) is 0 Å². The van der Waals surface area contributed by atoms with Crippen molar-refractivity contribution in [1.82, 2.24) is 0 Å². The first kappa shape index (κ1) is 11.9. The second-order valence-electron chi connectivity index (χ2n) is 3.48. The van der Waals surface area contributed by atoms with Gasteiger partial charge in [0.05, 0.1) is 6.61 Å². The smallest absolute Gasteiger partial charge is 0.282 e. The molecule has 0 aromatic rings. The number of nitrogens with two attached hydrogens (primary N) is 1. The summed E-state index contributed by atoms with van der Waals surface area (Å²) in [5.74, 6) is -0.836. The molecule has 0 bridgehead atoms. The predicted molar refractivity (Wildman–Crippen MR) is 53.8 cm³/mol. The van der Waals surface area contributed by atoms with Gasteiger partial charge in [-0.05, 0) is 26.7 Å². The maximum Gasteiger partial charge on any atom is 0.282 e. The zero-order chi connectivity index (χ0) is 10.4. The first-order chi connectivity index (χ1) is 6.72. The Balaban J connectivity index is 2.55. The van der Waals surface area contributed by atoms with E-state index in [-0.39, 0.29) is 6.04 Å². The van der Waals surface area contributed by atoms with E-state index in [4.69, 9.17) is 19.9 Å². The summed E-state index contributed by atoms with van der Waals surface area (Å²) in [7, 11) is 0. The van der Waals surface area contributed by atoms with E-state index in [0.717, 1.165) is 19.3 Å². The van der Waals surface area contributed by atoms with Gasteiger partial charge in [-0.2, -0.15) is 0 Å². The van der Waals surface area contributed by atoms with Crippen LogP contribution in [0, 0.1) is 0 Å². The minimum Gasteiger partial charge on any atom is -0.328 e. The molecule has 1 atom stereocenters. The van der Waals surface area contributed by atoms with Gasteiger partial charge in [0.1, 0.15) is 0 Å². The molecule has 1 heterocycles.